The third-order valence-electron chi connectivity index (χ3n) is 5.39. The molecule has 10 heteroatoms. The minimum Gasteiger partial charge on any atom is -0.486 e. The molecule has 0 aliphatic rings. The van der Waals surface area contributed by atoms with Gasteiger partial charge in [-0.3, -0.25) is 4.79 Å². The fraction of sp³-hybridized carbons (Fsp3) is 0.154. The number of hydrogen-bond acceptors (Lipinski definition) is 5. The first-order chi connectivity index (χ1) is 17.3. The van der Waals surface area contributed by atoms with Gasteiger partial charge in [0.1, 0.15) is 29.4 Å². The first-order valence-electron chi connectivity index (χ1n) is 11.0. The molecule has 0 radical (unpaired) electrons. The van der Waals surface area contributed by atoms with E-state index in [2.05, 4.69) is 31.6 Å². The normalized spacial score (nSPS) is 11.6. The maximum atomic E-state index is 13.4. The van der Waals surface area contributed by atoms with Crippen LogP contribution in [0.15, 0.2) is 77.4 Å². The largest absolute Gasteiger partial charge is 0.486 e. The predicted molar refractivity (Wildman–Crippen MR) is 133 cm³/mol. The van der Waals surface area contributed by atoms with Crippen molar-refractivity contribution in [2.45, 2.75) is 26.1 Å². The molecule has 1 amide bonds. The summed E-state index contributed by atoms with van der Waals surface area (Å²) < 4.78 is 21.4. The Morgan fingerprint density at radius 1 is 1.14 bits per heavy atom. The fourth-order valence-electron chi connectivity index (χ4n) is 3.51. The number of halogens is 2. The lowest BCUT2D eigenvalue weighted by Crippen LogP contribution is -2.26. The van der Waals surface area contributed by atoms with Crippen LogP contribution in [0.25, 0.3) is 0 Å². The van der Waals surface area contributed by atoms with Gasteiger partial charge < -0.3 is 15.2 Å². The third kappa shape index (κ3) is 6.33. The molecule has 184 valence electrons. The topological polar surface area (TPSA) is 106 Å². The van der Waals surface area contributed by atoms with E-state index in [1.54, 1.807) is 54.2 Å². The summed E-state index contributed by atoms with van der Waals surface area (Å²) in [4.78, 5) is 24.0. The number of aromatic carboxylic acids is 1. The first-order valence-corrected chi connectivity index (χ1v) is 11.8. The zero-order chi connectivity index (χ0) is 25.7. The molecule has 4 rings (SSSR count). The van der Waals surface area contributed by atoms with E-state index < -0.39 is 5.97 Å². The second-order valence-electron chi connectivity index (χ2n) is 8.09. The zero-order valence-corrected chi connectivity index (χ0v) is 20.8. The molecule has 1 heterocycles. The van der Waals surface area contributed by atoms with Gasteiger partial charge in [-0.25, -0.2) is 13.9 Å². The predicted octanol–water partition coefficient (Wildman–Crippen LogP) is 5.00. The van der Waals surface area contributed by atoms with Crippen molar-refractivity contribution in [2.75, 3.05) is 0 Å². The number of nitrogens with one attached hydrogen (secondary N) is 1. The molecule has 0 fully saturated rings. The number of aromatic nitrogens is 3. The van der Waals surface area contributed by atoms with Gasteiger partial charge in [0.15, 0.2) is 0 Å². The number of amides is 1. The van der Waals surface area contributed by atoms with Crippen LogP contribution in [-0.4, -0.2) is 32.0 Å². The second kappa shape index (κ2) is 11.1. The van der Waals surface area contributed by atoms with Crippen molar-refractivity contribution in [1.82, 2.24) is 20.3 Å². The average Bonchev–Trinajstić information content (AvgIpc) is 3.30. The van der Waals surface area contributed by atoms with Crippen LogP contribution in [0.1, 0.15) is 50.5 Å². The van der Waals surface area contributed by atoms with Crippen LogP contribution in [0.2, 0.25) is 0 Å². The van der Waals surface area contributed by atoms with Gasteiger partial charge in [-0.1, -0.05) is 45.4 Å². The number of carboxylic acids is 1. The molecule has 0 saturated heterocycles. The van der Waals surface area contributed by atoms with Crippen molar-refractivity contribution in [1.29, 1.82) is 0 Å². The number of benzene rings is 3. The Hall–Kier alpha value is -4.05. The van der Waals surface area contributed by atoms with Crippen LogP contribution in [0.5, 0.6) is 5.75 Å². The Morgan fingerprint density at radius 3 is 2.64 bits per heavy atom. The Labute approximate surface area is 214 Å². The standard InChI is InChI=1S/C26H22BrFN4O4/c1-16(19-3-2-4-21(28)11-19)29-25(33)18-7-5-17(6-8-18)13-32-14-22(30-31-32)15-36-24-12-20(27)9-10-23(24)26(34)35/h2-12,14,16H,13,15H2,1H3,(H,29,33)(H,34,35). The summed E-state index contributed by atoms with van der Waals surface area (Å²) in [7, 11) is 0. The number of carboxylic acid groups (broad SMARTS) is 1. The van der Waals surface area contributed by atoms with Gasteiger partial charge in [-0.15, -0.1) is 5.10 Å². The highest BCUT2D eigenvalue weighted by molar-refractivity contribution is 9.10. The Balaban J connectivity index is 1.34. The maximum Gasteiger partial charge on any atom is 0.339 e. The highest BCUT2D eigenvalue weighted by Gasteiger charge is 2.14. The van der Waals surface area contributed by atoms with Gasteiger partial charge in [0, 0.05) is 10.0 Å². The summed E-state index contributed by atoms with van der Waals surface area (Å²) in [6.07, 6.45) is 1.71. The number of hydrogen-bond donors (Lipinski definition) is 2. The smallest absolute Gasteiger partial charge is 0.339 e. The maximum absolute atomic E-state index is 13.4. The van der Waals surface area contributed by atoms with E-state index in [0.717, 1.165) is 5.56 Å². The minimum atomic E-state index is -1.08. The molecule has 1 atom stereocenters. The van der Waals surface area contributed by atoms with Crippen LogP contribution in [0.3, 0.4) is 0 Å². The third-order valence-corrected chi connectivity index (χ3v) is 5.89. The first kappa shape index (κ1) is 25.1. The molecule has 0 spiro atoms. The zero-order valence-electron chi connectivity index (χ0n) is 19.2. The molecule has 0 aliphatic carbocycles. The van der Waals surface area contributed by atoms with Gasteiger partial charge in [-0.05, 0) is 60.5 Å². The quantitative estimate of drug-likeness (QED) is 0.302. The molecule has 1 unspecified atom stereocenters. The number of rotatable bonds is 9. The van der Waals surface area contributed by atoms with Crippen LogP contribution < -0.4 is 10.1 Å². The number of carbonyl (C=O) groups is 2. The fourth-order valence-corrected chi connectivity index (χ4v) is 3.85. The van der Waals surface area contributed by atoms with Gasteiger partial charge in [0.05, 0.1) is 18.8 Å². The molecule has 2 N–H and O–H groups in total. The lowest BCUT2D eigenvalue weighted by atomic mass is 10.1. The molecule has 0 saturated carbocycles. The van der Waals surface area contributed by atoms with Crippen molar-refractivity contribution in [3.05, 3.63) is 111 Å². The van der Waals surface area contributed by atoms with E-state index in [4.69, 9.17) is 4.74 Å². The van der Waals surface area contributed by atoms with Gasteiger partial charge in [0.25, 0.3) is 5.91 Å². The Kier molecular flexibility index (Phi) is 7.74. The summed E-state index contributed by atoms with van der Waals surface area (Å²) in [5.74, 6) is -1.46. The Morgan fingerprint density at radius 2 is 1.92 bits per heavy atom. The molecule has 3 aromatic carbocycles. The van der Waals surface area contributed by atoms with Gasteiger partial charge in [0.2, 0.25) is 0 Å². The second-order valence-corrected chi connectivity index (χ2v) is 9.00. The molecule has 8 nitrogen and oxygen atoms in total. The van der Waals surface area contributed by atoms with Gasteiger partial charge >= 0.3 is 5.97 Å². The Bertz CT molecular complexity index is 1390. The van der Waals surface area contributed by atoms with Gasteiger partial charge in [-0.2, -0.15) is 0 Å². The van der Waals surface area contributed by atoms with Crippen LogP contribution >= 0.6 is 15.9 Å². The summed E-state index contributed by atoms with van der Waals surface area (Å²) in [5, 5.41) is 20.3. The van der Waals surface area contributed by atoms with Crippen LogP contribution in [0.4, 0.5) is 4.39 Å². The molecule has 1 aromatic heterocycles. The molecule has 4 aromatic rings. The highest BCUT2D eigenvalue weighted by Crippen LogP contribution is 2.24. The number of nitrogens with zero attached hydrogens (tertiary/aromatic N) is 3. The summed E-state index contributed by atoms with van der Waals surface area (Å²) >= 11 is 3.31. The summed E-state index contributed by atoms with van der Waals surface area (Å²) in [5.41, 5.74) is 2.67. The molecular formula is C26H22BrFN4O4. The molecule has 36 heavy (non-hydrogen) atoms. The van der Waals surface area contributed by atoms with Crippen molar-refractivity contribution >= 4 is 27.8 Å². The SMILES string of the molecule is CC(NC(=O)c1ccc(Cn2cc(COc3cc(Br)ccc3C(=O)O)nn2)cc1)c1cccc(F)c1. The number of carbonyl (C=O) groups excluding carboxylic acids is 1. The van der Waals surface area contributed by atoms with E-state index in [1.165, 1.54) is 18.2 Å². The van der Waals surface area contributed by atoms with Crippen molar-refractivity contribution in [2.24, 2.45) is 0 Å². The lowest BCUT2D eigenvalue weighted by Gasteiger charge is -2.14. The lowest BCUT2D eigenvalue weighted by molar-refractivity contribution is 0.0691. The van der Waals surface area contributed by atoms with Crippen molar-refractivity contribution in [3.8, 4) is 5.75 Å². The summed E-state index contributed by atoms with van der Waals surface area (Å²) in [6, 6.07) is 17.5. The van der Waals surface area contributed by atoms with Crippen LogP contribution in [-0.2, 0) is 13.2 Å². The molecular weight excluding hydrogens is 531 g/mol. The molecule has 0 aliphatic heterocycles. The van der Waals surface area contributed by atoms with E-state index >= 15 is 0 Å². The average molecular weight is 553 g/mol. The van der Waals surface area contributed by atoms with Crippen molar-refractivity contribution < 1.29 is 23.8 Å². The van der Waals surface area contributed by atoms with E-state index in [9.17, 15) is 19.1 Å². The summed E-state index contributed by atoms with van der Waals surface area (Å²) in [6.45, 7) is 2.28. The van der Waals surface area contributed by atoms with E-state index in [-0.39, 0.29) is 35.7 Å². The van der Waals surface area contributed by atoms with Crippen LogP contribution in [0, 0.1) is 5.82 Å². The van der Waals surface area contributed by atoms with Crippen molar-refractivity contribution in [3.63, 3.8) is 0 Å². The monoisotopic (exact) mass is 552 g/mol. The van der Waals surface area contributed by atoms with E-state index in [1.807, 2.05) is 12.1 Å². The highest BCUT2D eigenvalue weighted by atomic mass is 79.9. The molecule has 0 bridgehead atoms. The minimum absolute atomic E-state index is 0.0549. The number of ether oxygens (including phenoxy) is 1. The van der Waals surface area contributed by atoms with E-state index in [0.29, 0.717) is 27.8 Å².